The van der Waals surface area contributed by atoms with Crippen molar-refractivity contribution in [2.75, 3.05) is 19.6 Å². The Morgan fingerprint density at radius 3 is 2.81 bits per heavy atom. The van der Waals surface area contributed by atoms with Crippen LogP contribution in [0.2, 0.25) is 0 Å². The van der Waals surface area contributed by atoms with E-state index >= 15 is 0 Å². The molecule has 0 aliphatic carbocycles. The summed E-state index contributed by atoms with van der Waals surface area (Å²) in [4.78, 5) is 31.3. The van der Waals surface area contributed by atoms with Gasteiger partial charge in [-0.25, -0.2) is 0 Å². The normalized spacial score (nSPS) is 18.4. The number of carbonyl (C=O) groups is 2. The average Bonchev–Trinajstić information content (AvgIpc) is 2.85. The number of pyridine rings is 1. The molecular weight excluding hydrogens is 330 g/mol. The van der Waals surface area contributed by atoms with E-state index in [0.717, 1.165) is 49.8 Å². The second-order valence-electron chi connectivity index (χ2n) is 6.89. The summed E-state index contributed by atoms with van der Waals surface area (Å²) in [5.41, 5.74) is 2.24. The van der Waals surface area contributed by atoms with E-state index in [0.29, 0.717) is 0 Å². The fraction of sp³-hybridized carbons (Fsp3) is 0.450. The number of para-hydroxylation sites is 1. The smallest absolute Gasteiger partial charge is 0.323 e. The zero-order chi connectivity index (χ0) is 18.5. The molecule has 6 nitrogen and oxygen atoms in total. The molecule has 1 aliphatic heterocycles. The standard InChI is InChI=1S/C20H25N3O3/c1-15(24)23(14-19(25)26)18-8-4-11-22(12-9-18)13-17-6-2-5-16-7-3-10-21-20(16)17/h2-3,5-7,10,18H,4,8-9,11-14H2,1H3,(H,25,26)/t18-/m1/s1. The van der Waals surface area contributed by atoms with Crippen LogP contribution in [0.1, 0.15) is 31.7 Å². The second-order valence-corrected chi connectivity index (χ2v) is 6.89. The summed E-state index contributed by atoms with van der Waals surface area (Å²) in [5.74, 6) is -1.12. The minimum absolute atomic E-state index is 0.000701. The first-order chi connectivity index (χ1) is 12.5. The molecule has 1 N–H and O–H groups in total. The van der Waals surface area contributed by atoms with Crippen molar-refractivity contribution >= 4 is 22.8 Å². The second kappa shape index (κ2) is 8.27. The Morgan fingerprint density at radius 1 is 1.23 bits per heavy atom. The Hall–Kier alpha value is -2.47. The Morgan fingerprint density at radius 2 is 2.04 bits per heavy atom. The van der Waals surface area contributed by atoms with Gasteiger partial charge in [-0.1, -0.05) is 24.3 Å². The molecule has 1 aromatic carbocycles. The monoisotopic (exact) mass is 355 g/mol. The van der Waals surface area contributed by atoms with E-state index in [-0.39, 0.29) is 18.5 Å². The third-order valence-electron chi connectivity index (χ3n) is 5.05. The van der Waals surface area contributed by atoms with Crippen molar-refractivity contribution in [3.05, 3.63) is 42.1 Å². The number of carbonyl (C=O) groups excluding carboxylic acids is 1. The molecule has 2 aromatic rings. The number of likely N-dealkylation sites (tertiary alicyclic amines) is 1. The molecule has 1 amide bonds. The van der Waals surface area contributed by atoms with E-state index in [9.17, 15) is 9.59 Å². The van der Waals surface area contributed by atoms with E-state index in [4.69, 9.17) is 5.11 Å². The van der Waals surface area contributed by atoms with Gasteiger partial charge in [0.2, 0.25) is 5.91 Å². The first-order valence-corrected chi connectivity index (χ1v) is 9.08. The predicted molar refractivity (Wildman–Crippen MR) is 99.7 cm³/mol. The summed E-state index contributed by atoms with van der Waals surface area (Å²) < 4.78 is 0. The number of aliphatic carboxylic acids is 1. The van der Waals surface area contributed by atoms with E-state index in [2.05, 4.69) is 34.1 Å². The first-order valence-electron chi connectivity index (χ1n) is 9.08. The number of nitrogens with zero attached hydrogens (tertiary/aromatic N) is 3. The van der Waals surface area contributed by atoms with Crippen LogP contribution in [0.5, 0.6) is 0 Å². The minimum atomic E-state index is -0.955. The SMILES string of the molecule is CC(=O)N(CC(=O)O)[C@@H]1CCCN(Cc2cccc3cccnc23)CC1. The highest BCUT2D eigenvalue weighted by atomic mass is 16.4. The molecule has 1 atom stereocenters. The maximum atomic E-state index is 11.9. The molecule has 6 heteroatoms. The molecule has 1 saturated heterocycles. The molecule has 2 heterocycles. The average molecular weight is 355 g/mol. The van der Waals surface area contributed by atoms with Crippen molar-refractivity contribution in [2.24, 2.45) is 0 Å². The summed E-state index contributed by atoms with van der Waals surface area (Å²) in [6.45, 7) is 3.84. The number of carboxylic acid groups (broad SMARTS) is 1. The van der Waals surface area contributed by atoms with Gasteiger partial charge in [-0.2, -0.15) is 0 Å². The Kier molecular flexibility index (Phi) is 5.83. The molecule has 0 unspecified atom stereocenters. The largest absolute Gasteiger partial charge is 0.480 e. The maximum Gasteiger partial charge on any atom is 0.323 e. The number of rotatable bonds is 5. The van der Waals surface area contributed by atoms with Gasteiger partial charge < -0.3 is 10.0 Å². The van der Waals surface area contributed by atoms with Crippen molar-refractivity contribution in [1.82, 2.24) is 14.8 Å². The molecule has 0 spiro atoms. The van der Waals surface area contributed by atoms with Gasteiger partial charge in [0.15, 0.2) is 0 Å². The lowest BCUT2D eigenvalue weighted by atomic mass is 10.1. The van der Waals surface area contributed by atoms with E-state index in [1.807, 2.05) is 12.3 Å². The lowest BCUT2D eigenvalue weighted by Crippen LogP contribution is -2.42. The van der Waals surface area contributed by atoms with Gasteiger partial charge in [0, 0.05) is 37.6 Å². The quantitative estimate of drug-likeness (QED) is 0.892. The zero-order valence-corrected chi connectivity index (χ0v) is 15.1. The molecule has 1 aliphatic rings. The van der Waals surface area contributed by atoms with Crippen LogP contribution in [0, 0.1) is 0 Å². The summed E-state index contributed by atoms with van der Waals surface area (Å²) >= 11 is 0. The van der Waals surface area contributed by atoms with Crippen LogP contribution in [0.3, 0.4) is 0 Å². The number of aromatic nitrogens is 1. The number of carboxylic acids is 1. The van der Waals surface area contributed by atoms with Crippen LogP contribution < -0.4 is 0 Å². The molecular formula is C20H25N3O3. The number of benzene rings is 1. The molecule has 1 fully saturated rings. The fourth-order valence-electron chi connectivity index (χ4n) is 3.79. The van der Waals surface area contributed by atoms with Crippen molar-refractivity contribution in [3.8, 4) is 0 Å². The fourth-order valence-corrected chi connectivity index (χ4v) is 3.79. The van der Waals surface area contributed by atoms with Crippen molar-refractivity contribution in [3.63, 3.8) is 0 Å². The molecule has 1 aromatic heterocycles. The molecule has 3 rings (SSSR count). The summed E-state index contributed by atoms with van der Waals surface area (Å²) in [5, 5.41) is 10.2. The topological polar surface area (TPSA) is 73.7 Å². The highest BCUT2D eigenvalue weighted by Gasteiger charge is 2.26. The van der Waals surface area contributed by atoms with Gasteiger partial charge in [0.1, 0.15) is 6.54 Å². The van der Waals surface area contributed by atoms with Crippen molar-refractivity contribution in [2.45, 2.75) is 38.8 Å². The van der Waals surface area contributed by atoms with Crippen LogP contribution in [-0.4, -0.2) is 57.4 Å². The van der Waals surface area contributed by atoms with Crippen molar-refractivity contribution < 1.29 is 14.7 Å². The highest BCUT2D eigenvalue weighted by molar-refractivity contribution is 5.81. The lowest BCUT2D eigenvalue weighted by molar-refractivity contribution is -0.145. The highest BCUT2D eigenvalue weighted by Crippen LogP contribution is 2.22. The third-order valence-corrected chi connectivity index (χ3v) is 5.05. The van der Waals surface area contributed by atoms with Crippen LogP contribution in [0.15, 0.2) is 36.5 Å². The molecule has 0 radical (unpaired) electrons. The maximum absolute atomic E-state index is 11.9. The zero-order valence-electron chi connectivity index (χ0n) is 15.1. The minimum Gasteiger partial charge on any atom is -0.480 e. The van der Waals surface area contributed by atoms with E-state index in [1.165, 1.54) is 17.4 Å². The van der Waals surface area contributed by atoms with Crippen LogP contribution in [0.25, 0.3) is 10.9 Å². The van der Waals surface area contributed by atoms with Gasteiger partial charge in [0.25, 0.3) is 0 Å². The summed E-state index contributed by atoms with van der Waals surface area (Å²) in [7, 11) is 0. The van der Waals surface area contributed by atoms with Gasteiger partial charge in [-0.3, -0.25) is 19.5 Å². The number of amides is 1. The summed E-state index contributed by atoms with van der Waals surface area (Å²) in [6, 6.07) is 10.3. The molecule has 26 heavy (non-hydrogen) atoms. The van der Waals surface area contributed by atoms with Crippen LogP contribution >= 0.6 is 0 Å². The molecule has 138 valence electrons. The van der Waals surface area contributed by atoms with Gasteiger partial charge in [-0.05, 0) is 37.4 Å². The van der Waals surface area contributed by atoms with E-state index in [1.54, 1.807) is 0 Å². The summed E-state index contributed by atoms with van der Waals surface area (Å²) in [6.07, 6.45) is 4.41. The predicted octanol–water partition coefficient (Wildman–Crippen LogP) is 2.52. The molecule has 0 saturated carbocycles. The van der Waals surface area contributed by atoms with E-state index < -0.39 is 5.97 Å². The number of fused-ring (bicyclic) bond motifs is 1. The van der Waals surface area contributed by atoms with Gasteiger partial charge >= 0.3 is 5.97 Å². The van der Waals surface area contributed by atoms with Gasteiger partial charge in [-0.15, -0.1) is 0 Å². The van der Waals surface area contributed by atoms with Crippen LogP contribution in [0.4, 0.5) is 0 Å². The Labute approximate surface area is 153 Å². The third kappa shape index (κ3) is 4.38. The number of hydrogen-bond donors (Lipinski definition) is 1. The van der Waals surface area contributed by atoms with Crippen molar-refractivity contribution in [1.29, 1.82) is 0 Å². The number of hydrogen-bond acceptors (Lipinski definition) is 4. The van der Waals surface area contributed by atoms with Crippen LogP contribution in [-0.2, 0) is 16.1 Å². The Bertz CT molecular complexity index is 787. The first kappa shape index (κ1) is 18.3. The Balaban J connectivity index is 1.68. The van der Waals surface area contributed by atoms with Gasteiger partial charge in [0.05, 0.1) is 5.52 Å². The lowest BCUT2D eigenvalue weighted by Gasteiger charge is -2.29. The molecule has 0 bridgehead atoms.